The van der Waals surface area contributed by atoms with Gasteiger partial charge in [-0.05, 0) is 43.8 Å². The molecule has 118 valence electrons. The third kappa shape index (κ3) is 3.97. The van der Waals surface area contributed by atoms with Gasteiger partial charge in [-0.25, -0.2) is 17.5 Å². The van der Waals surface area contributed by atoms with Gasteiger partial charge in [0.1, 0.15) is 10.7 Å². The fourth-order valence-electron chi connectivity index (χ4n) is 2.68. The molecule has 0 aliphatic heterocycles. The van der Waals surface area contributed by atoms with Crippen LogP contribution in [0.5, 0.6) is 0 Å². The Morgan fingerprint density at radius 1 is 1.38 bits per heavy atom. The predicted octanol–water partition coefficient (Wildman–Crippen LogP) is 2.11. The molecule has 1 saturated carbocycles. The molecule has 2 unspecified atom stereocenters. The maximum atomic E-state index is 14.1. The second kappa shape index (κ2) is 7.09. The second-order valence-corrected chi connectivity index (χ2v) is 7.99. The molecule has 1 aliphatic carbocycles. The van der Waals surface area contributed by atoms with E-state index in [0.29, 0.717) is 6.54 Å². The lowest BCUT2D eigenvalue weighted by atomic mass is 10.2. The van der Waals surface area contributed by atoms with Crippen LogP contribution >= 0.6 is 11.8 Å². The molecule has 0 radical (unpaired) electrons. The van der Waals surface area contributed by atoms with Crippen LogP contribution in [-0.2, 0) is 16.6 Å². The standard InChI is InChI=1S/C14H21FN2O2S2/c1-16-9-10-6-7-14(11(15)8-10)21(18,19)17-12-4-3-5-13(12)20-2/h6-8,12-13,16-17H,3-5,9H2,1-2H3. The first kappa shape index (κ1) is 16.7. The molecule has 0 bridgehead atoms. The smallest absolute Gasteiger partial charge is 0.243 e. The molecule has 0 aromatic heterocycles. The molecule has 0 amide bonds. The molecule has 21 heavy (non-hydrogen) atoms. The Hall–Kier alpha value is -0.630. The molecule has 2 rings (SSSR count). The number of thioether (sulfide) groups is 1. The van der Waals surface area contributed by atoms with E-state index < -0.39 is 15.8 Å². The highest BCUT2D eigenvalue weighted by atomic mass is 32.2. The maximum absolute atomic E-state index is 14.1. The topological polar surface area (TPSA) is 58.2 Å². The fraction of sp³-hybridized carbons (Fsp3) is 0.571. The highest BCUT2D eigenvalue weighted by molar-refractivity contribution is 7.99. The number of benzene rings is 1. The van der Waals surface area contributed by atoms with Crippen molar-refractivity contribution in [1.29, 1.82) is 0 Å². The summed E-state index contributed by atoms with van der Waals surface area (Å²) >= 11 is 1.66. The van der Waals surface area contributed by atoms with E-state index in [1.807, 2.05) is 6.26 Å². The molecule has 1 aromatic rings. The average molecular weight is 332 g/mol. The summed E-state index contributed by atoms with van der Waals surface area (Å²) in [6.45, 7) is 0.502. The summed E-state index contributed by atoms with van der Waals surface area (Å²) in [7, 11) is -2.05. The zero-order valence-corrected chi connectivity index (χ0v) is 13.9. The molecule has 4 nitrogen and oxygen atoms in total. The van der Waals surface area contributed by atoms with Crippen molar-refractivity contribution in [2.45, 2.75) is 42.0 Å². The summed E-state index contributed by atoms with van der Waals surface area (Å²) < 4.78 is 41.5. The zero-order valence-electron chi connectivity index (χ0n) is 12.2. The average Bonchev–Trinajstić information content (AvgIpc) is 2.85. The van der Waals surface area contributed by atoms with Crippen molar-refractivity contribution in [2.24, 2.45) is 0 Å². The van der Waals surface area contributed by atoms with Crippen molar-refractivity contribution in [3.63, 3.8) is 0 Å². The van der Waals surface area contributed by atoms with Gasteiger partial charge in [0.15, 0.2) is 0 Å². The Labute approximate surface area is 129 Å². The van der Waals surface area contributed by atoms with Crippen LogP contribution in [0.3, 0.4) is 0 Å². The molecule has 1 aliphatic rings. The number of hydrogen-bond donors (Lipinski definition) is 2. The third-order valence-corrected chi connectivity index (χ3v) is 6.42. The second-order valence-electron chi connectivity index (χ2n) is 5.23. The largest absolute Gasteiger partial charge is 0.316 e. The Kier molecular flexibility index (Phi) is 5.65. The minimum absolute atomic E-state index is 0.110. The van der Waals surface area contributed by atoms with E-state index in [4.69, 9.17) is 0 Å². The molecule has 1 aromatic carbocycles. The van der Waals surface area contributed by atoms with Crippen molar-refractivity contribution in [2.75, 3.05) is 13.3 Å². The van der Waals surface area contributed by atoms with Gasteiger partial charge in [0, 0.05) is 17.8 Å². The van der Waals surface area contributed by atoms with Gasteiger partial charge in [0.05, 0.1) is 0 Å². The van der Waals surface area contributed by atoms with Gasteiger partial charge in [-0.15, -0.1) is 0 Å². The Morgan fingerprint density at radius 3 is 2.76 bits per heavy atom. The van der Waals surface area contributed by atoms with Crippen LogP contribution in [-0.4, -0.2) is 33.0 Å². The van der Waals surface area contributed by atoms with Crippen molar-refractivity contribution < 1.29 is 12.8 Å². The van der Waals surface area contributed by atoms with E-state index in [-0.39, 0.29) is 16.2 Å². The van der Waals surface area contributed by atoms with E-state index in [9.17, 15) is 12.8 Å². The molecule has 2 N–H and O–H groups in total. The molecular formula is C14H21FN2O2S2. The van der Waals surface area contributed by atoms with E-state index in [1.54, 1.807) is 24.9 Å². The Bertz CT molecular complexity index is 593. The van der Waals surface area contributed by atoms with E-state index >= 15 is 0 Å². The van der Waals surface area contributed by atoms with Crippen molar-refractivity contribution >= 4 is 21.8 Å². The molecule has 0 spiro atoms. The summed E-state index contributed by atoms with van der Waals surface area (Å²) in [4.78, 5) is -0.269. The van der Waals surface area contributed by atoms with Crippen LogP contribution in [0, 0.1) is 5.82 Å². The van der Waals surface area contributed by atoms with Gasteiger partial charge in [0.25, 0.3) is 0 Å². The van der Waals surface area contributed by atoms with Gasteiger partial charge in [-0.3, -0.25) is 0 Å². The normalized spacial score (nSPS) is 22.6. The lowest BCUT2D eigenvalue weighted by molar-refractivity contribution is 0.538. The molecule has 0 saturated heterocycles. The highest BCUT2D eigenvalue weighted by Gasteiger charge is 2.31. The van der Waals surface area contributed by atoms with Crippen molar-refractivity contribution in [1.82, 2.24) is 10.0 Å². The van der Waals surface area contributed by atoms with Crippen LogP contribution in [0.2, 0.25) is 0 Å². The first-order chi connectivity index (χ1) is 9.97. The molecular weight excluding hydrogens is 311 g/mol. The van der Waals surface area contributed by atoms with Crippen molar-refractivity contribution in [3.8, 4) is 0 Å². The highest BCUT2D eigenvalue weighted by Crippen LogP contribution is 2.29. The minimum atomic E-state index is -3.81. The van der Waals surface area contributed by atoms with Gasteiger partial charge >= 0.3 is 0 Å². The van der Waals surface area contributed by atoms with Crippen LogP contribution in [0.1, 0.15) is 24.8 Å². The molecule has 7 heteroatoms. The zero-order chi connectivity index (χ0) is 15.5. The maximum Gasteiger partial charge on any atom is 0.243 e. The lowest BCUT2D eigenvalue weighted by Gasteiger charge is -2.19. The Balaban J connectivity index is 2.19. The Morgan fingerprint density at radius 2 is 2.14 bits per heavy atom. The van der Waals surface area contributed by atoms with Crippen LogP contribution in [0.15, 0.2) is 23.1 Å². The number of halogens is 1. The fourth-order valence-corrected chi connectivity index (χ4v) is 5.07. The lowest BCUT2D eigenvalue weighted by Crippen LogP contribution is -2.38. The monoisotopic (exact) mass is 332 g/mol. The van der Waals surface area contributed by atoms with Gasteiger partial charge in [-0.2, -0.15) is 11.8 Å². The van der Waals surface area contributed by atoms with Gasteiger partial charge in [0.2, 0.25) is 10.0 Å². The molecule has 1 fully saturated rings. The molecule has 2 atom stereocenters. The number of rotatable bonds is 6. The molecule has 0 heterocycles. The predicted molar refractivity (Wildman–Crippen MR) is 84.4 cm³/mol. The SMILES string of the molecule is CNCc1ccc(S(=O)(=O)NC2CCCC2SC)c(F)c1. The first-order valence-electron chi connectivity index (χ1n) is 6.96. The van der Waals surface area contributed by atoms with Gasteiger partial charge < -0.3 is 5.32 Å². The first-order valence-corrected chi connectivity index (χ1v) is 9.73. The minimum Gasteiger partial charge on any atom is -0.316 e. The van der Waals surface area contributed by atoms with Crippen LogP contribution in [0.4, 0.5) is 4.39 Å². The van der Waals surface area contributed by atoms with Crippen LogP contribution in [0.25, 0.3) is 0 Å². The number of hydrogen-bond acceptors (Lipinski definition) is 4. The van der Waals surface area contributed by atoms with E-state index in [2.05, 4.69) is 10.0 Å². The summed E-state index contributed by atoms with van der Waals surface area (Å²) in [6.07, 6.45) is 4.79. The summed E-state index contributed by atoms with van der Waals surface area (Å²) in [5.74, 6) is -0.700. The van der Waals surface area contributed by atoms with Gasteiger partial charge in [-0.1, -0.05) is 12.5 Å². The number of sulfonamides is 1. The summed E-state index contributed by atoms with van der Waals surface area (Å²) in [5, 5.41) is 3.18. The summed E-state index contributed by atoms with van der Waals surface area (Å²) in [6, 6.07) is 4.13. The number of nitrogens with one attached hydrogen (secondary N) is 2. The quantitative estimate of drug-likeness (QED) is 0.838. The summed E-state index contributed by atoms with van der Waals surface area (Å²) in [5.41, 5.74) is 0.719. The van der Waals surface area contributed by atoms with E-state index in [0.717, 1.165) is 24.8 Å². The van der Waals surface area contributed by atoms with E-state index in [1.165, 1.54) is 12.1 Å². The van der Waals surface area contributed by atoms with Crippen molar-refractivity contribution in [3.05, 3.63) is 29.6 Å². The third-order valence-electron chi connectivity index (χ3n) is 3.73. The van der Waals surface area contributed by atoms with Crippen LogP contribution < -0.4 is 10.0 Å².